The highest BCUT2D eigenvalue weighted by Gasteiger charge is 2.22. The number of sulfone groups is 1. The predicted molar refractivity (Wildman–Crippen MR) is 71.1 cm³/mol. The highest BCUT2D eigenvalue weighted by Crippen LogP contribution is 2.31. The lowest BCUT2D eigenvalue weighted by atomic mass is 10.2. The Morgan fingerprint density at radius 1 is 0.895 bits per heavy atom. The average molecular weight is 278 g/mol. The molecule has 0 aliphatic carbocycles. The molecule has 2 N–H and O–H groups in total. The third-order valence-electron chi connectivity index (χ3n) is 2.74. The molecule has 19 heavy (non-hydrogen) atoms. The van der Waals surface area contributed by atoms with Crippen LogP contribution in [0.4, 0.5) is 0 Å². The highest BCUT2D eigenvalue weighted by atomic mass is 32.2. The molecule has 0 heterocycles. The van der Waals surface area contributed by atoms with Gasteiger partial charge in [0.05, 0.1) is 4.90 Å². The Labute approximate surface area is 111 Å². The van der Waals surface area contributed by atoms with Crippen LogP contribution in [0, 0.1) is 13.8 Å². The molecule has 0 amide bonds. The van der Waals surface area contributed by atoms with E-state index in [4.69, 9.17) is 0 Å². The Morgan fingerprint density at radius 2 is 1.47 bits per heavy atom. The Balaban J connectivity index is 2.65. The zero-order valence-electron chi connectivity index (χ0n) is 10.6. The molecule has 0 saturated heterocycles. The average Bonchev–Trinajstić information content (AvgIpc) is 2.26. The Morgan fingerprint density at radius 3 is 2.00 bits per heavy atom. The van der Waals surface area contributed by atoms with E-state index < -0.39 is 15.6 Å². The number of benzene rings is 2. The van der Waals surface area contributed by atoms with Crippen molar-refractivity contribution in [2.45, 2.75) is 23.6 Å². The number of phenolic OH excluding ortho intramolecular Hbond substituents is 2. The van der Waals surface area contributed by atoms with Crippen LogP contribution in [0.3, 0.4) is 0 Å². The van der Waals surface area contributed by atoms with Crippen LogP contribution in [0.15, 0.2) is 46.2 Å². The van der Waals surface area contributed by atoms with E-state index in [1.807, 2.05) is 19.9 Å². The second kappa shape index (κ2) is 4.59. The molecule has 0 atom stereocenters. The summed E-state index contributed by atoms with van der Waals surface area (Å²) in [6.45, 7) is 3.62. The third kappa shape index (κ3) is 2.56. The minimum Gasteiger partial charge on any atom is -0.508 e. The van der Waals surface area contributed by atoms with Gasteiger partial charge in [0.2, 0.25) is 9.84 Å². The van der Waals surface area contributed by atoms with Crippen LogP contribution >= 0.6 is 0 Å². The monoisotopic (exact) mass is 278 g/mol. The Bertz CT molecular complexity index is 713. The van der Waals surface area contributed by atoms with Crippen LogP contribution in [-0.2, 0) is 9.84 Å². The van der Waals surface area contributed by atoms with Gasteiger partial charge in [-0.3, -0.25) is 0 Å². The molecule has 0 spiro atoms. The zero-order valence-corrected chi connectivity index (χ0v) is 11.4. The standard InChI is InChI=1S/C14H14O4S/c1-9-5-10(2)7-12(6-9)19(17,18)14-4-3-11(15)8-13(14)16/h3-8,15-16H,1-2H3. The van der Waals surface area contributed by atoms with Crippen molar-refractivity contribution in [2.75, 3.05) is 0 Å². The molecule has 0 unspecified atom stereocenters. The number of hydrogen-bond acceptors (Lipinski definition) is 4. The fourth-order valence-corrected chi connectivity index (χ4v) is 3.47. The van der Waals surface area contributed by atoms with E-state index >= 15 is 0 Å². The van der Waals surface area contributed by atoms with E-state index in [1.54, 1.807) is 12.1 Å². The number of aryl methyl sites for hydroxylation is 2. The smallest absolute Gasteiger partial charge is 0.210 e. The number of phenols is 2. The van der Waals surface area contributed by atoms with Crippen molar-refractivity contribution in [2.24, 2.45) is 0 Å². The van der Waals surface area contributed by atoms with Gasteiger partial charge in [0.15, 0.2) is 0 Å². The van der Waals surface area contributed by atoms with Crippen molar-refractivity contribution in [3.8, 4) is 11.5 Å². The van der Waals surface area contributed by atoms with E-state index in [-0.39, 0.29) is 15.5 Å². The van der Waals surface area contributed by atoms with Gasteiger partial charge in [0.1, 0.15) is 16.4 Å². The van der Waals surface area contributed by atoms with Gasteiger partial charge < -0.3 is 10.2 Å². The first-order chi connectivity index (χ1) is 8.80. The van der Waals surface area contributed by atoms with E-state index in [0.717, 1.165) is 17.2 Å². The van der Waals surface area contributed by atoms with Gasteiger partial charge in [-0.25, -0.2) is 8.42 Å². The van der Waals surface area contributed by atoms with E-state index in [0.29, 0.717) is 0 Å². The summed E-state index contributed by atoms with van der Waals surface area (Å²) in [5.74, 6) is -0.643. The van der Waals surface area contributed by atoms with Crippen molar-refractivity contribution >= 4 is 9.84 Å². The van der Waals surface area contributed by atoms with E-state index in [2.05, 4.69) is 0 Å². The maximum atomic E-state index is 12.4. The fourth-order valence-electron chi connectivity index (χ4n) is 1.95. The zero-order chi connectivity index (χ0) is 14.2. The maximum Gasteiger partial charge on any atom is 0.210 e. The topological polar surface area (TPSA) is 74.6 Å². The Kier molecular flexibility index (Phi) is 3.24. The minimum atomic E-state index is -3.79. The van der Waals surface area contributed by atoms with Crippen molar-refractivity contribution < 1.29 is 18.6 Å². The van der Waals surface area contributed by atoms with Crippen LogP contribution in [-0.4, -0.2) is 18.6 Å². The number of rotatable bonds is 2. The fraction of sp³-hybridized carbons (Fsp3) is 0.143. The minimum absolute atomic E-state index is 0.131. The highest BCUT2D eigenvalue weighted by molar-refractivity contribution is 7.91. The molecule has 0 saturated carbocycles. The number of hydrogen-bond donors (Lipinski definition) is 2. The summed E-state index contributed by atoms with van der Waals surface area (Å²) in [5.41, 5.74) is 1.66. The second-order valence-electron chi connectivity index (χ2n) is 4.48. The summed E-state index contributed by atoms with van der Waals surface area (Å²) in [4.78, 5) is -0.0821. The van der Waals surface area contributed by atoms with Gasteiger partial charge in [-0.1, -0.05) is 6.07 Å². The molecule has 0 aliphatic rings. The molecular weight excluding hydrogens is 264 g/mol. The van der Waals surface area contributed by atoms with Crippen LogP contribution in [0.1, 0.15) is 11.1 Å². The first-order valence-corrected chi connectivity index (χ1v) is 7.14. The lowest BCUT2D eigenvalue weighted by Gasteiger charge is -2.09. The van der Waals surface area contributed by atoms with Crippen molar-refractivity contribution in [3.05, 3.63) is 47.5 Å². The maximum absolute atomic E-state index is 12.4. The Hall–Kier alpha value is -2.01. The van der Waals surface area contributed by atoms with Crippen LogP contribution in [0.25, 0.3) is 0 Å². The normalized spacial score (nSPS) is 11.5. The largest absolute Gasteiger partial charge is 0.508 e. The first-order valence-electron chi connectivity index (χ1n) is 5.66. The quantitative estimate of drug-likeness (QED) is 0.885. The molecule has 0 aliphatic heterocycles. The SMILES string of the molecule is Cc1cc(C)cc(S(=O)(=O)c2ccc(O)cc2O)c1. The summed E-state index contributed by atoms with van der Waals surface area (Å²) in [5, 5.41) is 18.9. The molecule has 2 rings (SSSR count). The summed E-state index contributed by atoms with van der Waals surface area (Å²) in [6, 6.07) is 8.40. The predicted octanol–water partition coefficient (Wildman–Crippen LogP) is 2.55. The lowest BCUT2D eigenvalue weighted by Crippen LogP contribution is -2.03. The first kappa shape index (κ1) is 13.4. The molecule has 5 heteroatoms. The van der Waals surface area contributed by atoms with Gasteiger partial charge in [-0.2, -0.15) is 0 Å². The van der Waals surface area contributed by atoms with E-state index in [1.165, 1.54) is 12.1 Å². The van der Waals surface area contributed by atoms with Crippen LogP contribution in [0.2, 0.25) is 0 Å². The molecule has 0 aromatic heterocycles. The summed E-state index contributed by atoms with van der Waals surface area (Å²) >= 11 is 0. The molecule has 0 fully saturated rings. The van der Waals surface area contributed by atoms with Gasteiger partial charge >= 0.3 is 0 Å². The van der Waals surface area contributed by atoms with Crippen molar-refractivity contribution in [1.29, 1.82) is 0 Å². The molecule has 0 radical (unpaired) electrons. The van der Waals surface area contributed by atoms with Crippen molar-refractivity contribution in [1.82, 2.24) is 0 Å². The van der Waals surface area contributed by atoms with Crippen molar-refractivity contribution in [3.63, 3.8) is 0 Å². The van der Waals surface area contributed by atoms with Gasteiger partial charge in [0.25, 0.3) is 0 Å². The van der Waals surface area contributed by atoms with Gasteiger partial charge in [-0.05, 0) is 49.2 Å². The van der Waals surface area contributed by atoms with Gasteiger partial charge in [0, 0.05) is 6.07 Å². The lowest BCUT2D eigenvalue weighted by molar-refractivity contribution is 0.439. The number of aromatic hydroxyl groups is 2. The van der Waals surface area contributed by atoms with Crippen LogP contribution in [0.5, 0.6) is 11.5 Å². The molecule has 0 bridgehead atoms. The summed E-state index contributed by atoms with van der Waals surface area (Å²) < 4.78 is 24.9. The van der Waals surface area contributed by atoms with Gasteiger partial charge in [-0.15, -0.1) is 0 Å². The second-order valence-corrected chi connectivity index (χ2v) is 6.40. The van der Waals surface area contributed by atoms with E-state index in [9.17, 15) is 18.6 Å². The third-order valence-corrected chi connectivity index (χ3v) is 4.52. The molecule has 2 aromatic carbocycles. The molecular formula is C14H14O4S. The summed E-state index contributed by atoms with van der Waals surface area (Å²) in [6.07, 6.45) is 0. The molecule has 100 valence electrons. The van der Waals surface area contributed by atoms with Crippen LogP contribution < -0.4 is 0 Å². The molecule has 2 aromatic rings. The molecule has 4 nitrogen and oxygen atoms in total. The summed E-state index contributed by atoms with van der Waals surface area (Å²) in [7, 11) is -3.79.